The fourth-order valence-corrected chi connectivity index (χ4v) is 1.98. The summed E-state index contributed by atoms with van der Waals surface area (Å²) < 4.78 is 0. The molecule has 16 heavy (non-hydrogen) atoms. The molecule has 94 valence electrons. The minimum absolute atomic E-state index is 0.459. The van der Waals surface area contributed by atoms with Gasteiger partial charge in [-0.2, -0.15) is 0 Å². The van der Waals surface area contributed by atoms with Gasteiger partial charge in [-0.25, -0.2) is 4.79 Å². The summed E-state index contributed by atoms with van der Waals surface area (Å²) in [4.78, 5) is 23.9. The highest BCUT2D eigenvalue weighted by atomic mass is 16.4. The third kappa shape index (κ3) is 3.22. The van der Waals surface area contributed by atoms with Crippen LogP contribution in [0.1, 0.15) is 52.9 Å². The molecule has 4 nitrogen and oxygen atoms in total. The van der Waals surface area contributed by atoms with Gasteiger partial charge in [0.1, 0.15) is 5.54 Å². The van der Waals surface area contributed by atoms with E-state index >= 15 is 0 Å². The minimum Gasteiger partial charge on any atom is -0.479 e. The van der Waals surface area contributed by atoms with Gasteiger partial charge in [-0.15, -0.1) is 0 Å². The monoisotopic (exact) mass is 229 g/mol. The molecule has 4 heteroatoms. The molecule has 0 heterocycles. The van der Waals surface area contributed by atoms with Crippen LogP contribution in [0.2, 0.25) is 0 Å². The van der Waals surface area contributed by atoms with Crippen molar-refractivity contribution in [3.8, 4) is 0 Å². The first-order chi connectivity index (χ1) is 7.58. The van der Waals surface area contributed by atoms with Crippen molar-refractivity contribution in [1.82, 2.24) is 4.90 Å². The zero-order valence-electron chi connectivity index (χ0n) is 10.5. The summed E-state index contributed by atoms with van der Waals surface area (Å²) in [5.41, 5.74) is -1.01. The lowest BCUT2D eigenvalue weighted by molar-refractivity contribution is -0.156. The summed E-state index contributed by atoms with van der Waals surface area (Å²) >= 11 is 0. The third-order valence-corrected chi connectivity index (χ3v) is 3.07. The highest BCUT2D eigenvalue weighted by molar-refractivity contribution is 5.81. The van der Waals surface area contributed by atoms with Crippen molar-refractivity contribution in [2.24, 2.45) is 0 Å². The van der Waals surface area contributed by atoms with E-state index in [1.807, 2.05) is 20.8 Å². The molecule has 0 aromatic heterocycles. The highest BCUT2D eigenvalue weighted by Gasteiger charge is 2.41. The maximum absolute atomic E-state index is 11.4. The molecule has 0 aromatic rings. The van der Waals surface area contributed by atoms with E-state index in [1.165, 1.54) is 4.90 Å². The van der Waals surface area contributed by atoms with E-state index in [1.54, 1.807) is 0 Å². The zero-order chi connectivity index (χ0) is 12.6. The SMILES string of the molecule is CCCCC(CC)(C(=O)O)N(C=O)CCC. The molecule has 0 radical (unpaired) electrons. The quantitative estimate of drug-likeness (QED) is 0.617. The lowest BCUT2D eigenvalue weighted by Crippen LogP contribution is -2.54. The molecule has 0 saturated heterocycles. The zero-order valence-corrected chi connectivity index (χ0v) is 10.5. The van der Waals surface area contributed by atoms with Gasteiger partial charge in [0.25, 0.3) is 0 Å². The number of hydrogen-bond donors (Lipinski definition) is 1. The molecule has 1 N–H and O–H groups in total. The summed E-state index contributed by atoms with van der Waals surface area (Å²) in [6.07, 6.45) is 4.22. The van der Waals surface area contributed by atoms with E-state index in [-0.39, 0.29) is 0 Å². The number of carboxylic acids is 1. The second-order valence-electron chi connectivity index (χ2n) is 4.09. The normalized spacial score (nSPS) is 14.2. The third-order valence-electron chi connectivity index (χ3n) is 3.07. The van der Waals surface area contributed by atoms with Crippen molar-refractivity contribution < 1.29 is 14.7 Å². The molecule has 0 aliphatic carbocycles. The molecule has 0 spiro atoms. The van der Waals surface area contributed by atoms with Crippen molar-refractivity contribution in [2.45, 2.75) is 58.4 Å². The summed E-state index contributed by atoms with van der Waals surface area (Å²) in [6.45, 7) is 6.30. The van der Waals surface area contributed by atoms with Crippen LogP contribution >= 0.6 is 0 Å². The first-order valence-corrected chi connectivity index (χ1v) is 6.04. The Kier molecular flexibility index (Phi) is 6.77. The van der Waals surface area contributed by atoms with E-state index < -0.39 is 11.5 Å². The van der Waals surface area contributed by atoms with Crippen LogP contribution in [0.25, 0.3) is 0 Å². The Morgan fingerprint density at radius 1 is 1.31 bits per heavy atom. The molecule has 0 bridgehead atoms. The molecular weight excluding hydrogens is 206 g/mol. The number of amides is 1. The first-order valence-electron chi connectivity index (χ1n) is 6.04. The Hall–Kier alpha value is -1.06. The van der Waals surface area contributed by atoms with Crippen molar-refractivity contribution in [3.63, 3.8) is 0 Å². The number of carboxylic acid groups (broad SMARTS) is 1. The van der Waals surface area contributed by atoms with Crippen LogP contribution in [0.5, 0.6) is 0 Å². The summed E-state index contributed by atoms with van der Waals surface area (Å²) in [6, 6.07) is 0. The number of aliphatic carboxylic acids is 1. The van der Waals surface area contributed by atoms with Gasteiger partial charge in [0.05, 0.1) is 0 Å². The van der Waals surface area contributed by atoms with Crippen LogP contribution in [0.4, 0.5) is 0 Å². The topological polar surface area (TPSA) is 57.6 Å². The van der Waals surface area contributed by atoms with Crippen molar-refractivity contribution in [3.05, 3.63) is 0 Å². The molecule has 1 amide bonds. The molecule has 0 aliphatic rings. The van der Waals surface area contributed by atoms with Crippen molar-refractivity contribution in [1.29, 1.82) is 0 Å². The fraction of sp³-hybridized carbons (Fsp3) is 0.833. The fourth-order valence-electron chi connectivity index (χ4n) is 1.98. The number of rotatable bonds is 9. The van der Waals surface area contributed by atoms with Crippen molar-refractivity contribution >= 4 is 12.4 Å². The van der Waals surface area contributed by atoms with Crippen LogP contribution in [-0.4, -0.2) is 34.5 Å². The summed E-state index contributed by atoms with van der Waals surface area (Å²) in [5, 5.41) is 9.38. The van der Waals surface area contributed by atoms with E-state index in [0.717, 1.165) is 19.3 Å². The summed E-state index contributed by atoms with van der Waals surface area (Å²) in [5.74, 6) is -0.885. The van der Waals surface area contributed by atoms with Crippen molar-refractivity contribution in [2.75, 3.05) is 6.54 Å². The molecule has 1 unspecified atom stereocenters. The van der Waals surface area contributed by atoms with Crippen LogP contribution in [-0.2, 0) is 9.59 Å². The van der Waals surface area contributed by atoms with Crippen LogP contribution in [0.15, 0.2) is 0 Å². The van der Waals surface area contributed by atoms with Gasteiger partial charge in [0.15, 0.2) is 0 Å². The molecule has 0 saturated carbocycles. The lowest BCUT2D eigenvalue weighted by atomic mass is 9.88. The largest absolute Gasteiger partial charge is 0.479 e. The minimum atomic E-state index is -1.01. The van der Waals surface area contributed by atoms with Crippen LogP contribution < -0.4 is 0 Å². The predicted molar refractivity (Wildman–Crippen MR) is 63.2 cm³/mol. The van der Waals surface area contributed by atoms with Crippen LogP contribution in [0.3, 0.4) is 0 Å². The number of nitrogens with zero attached hydrogens (tertiary/aromatic N) is 1. The molecular formula is C12H23NO3. The number of carbonyl (C=O) groups excluding carboxylic acids is 1. The average molecular weight is 229 g/mol. The number of carbonyl (C=O) groups is 2. The number of hydrogen-bond acceptors (Lipinski definition) is 2. The molecule has 0 aliphatic heterocycles. The predicted octanol–water partition coefficient (Wildman–Crippen LogP) is 2.28. The Morgan fingerprint density at radius 3 is 2.25 bits per heavy atom. The molecule has 1 atom stereocenters. The van der Waals surface area contributed by atoms with Gasteiger partial charge in [0, 0.05) is 6.54 Å². The average Bonchev–Trinajstić information content (AvgIpc) is 2.28. The number of unbranched alkanes of at least 4 members (excludes halogenated alkanes) is 1. The highest BCUT2D eigenvalue weighted by Crippen LogP contribution is 2.26. The van der Waals surface area contributed by atoms with E-state index in [2.05, 4.69) is 0 Å². The van der Waals surface area contributed by atoms with Gasteiger partial charge in [-0.3, -0.25) is 4.79 Å². The van der Waals surface area contributed by atoms with Gasteiger partial charge in [-0.1, -0.05) is 33.6 Å². The molecule has 0 fully saturated rings. The molecule has 0 rings (SSSR count). The van der Waals surface area contributed by atoms with E-state index in [4.69, 9.17) is 0 Å². The molecule has 0 aromatic carbocycles. The van der Waals surface area contributed by atoms with Gasteiger partial charge in [0.2, 0.25) is 6.41 Å². The smallest absolute Gasteiger partial charge is 0.329 e. The Labute approximate surface area is 97.6 Å². The van der Waals surface area contributed by atoms with E-state index in [0.29, 0.717) is 25.8 Å². The lowest BCUT2D eigenvalue weighted by Gasteiger charge is -2.37. The maximum atomic E-state index is 11.4. The second-order valence-corrected chi connectivity index (χ2v) is 4.09. The summed E-state index contributed by atoms with van der Waals surface area (Å²) in [7, 11) is 0. The Bertz CT molecular complexity index is 230. The van der Waals surface area contributed by atoms with Gasteiger partial charge in [-0.05, 0) is 19.3 Å². The second kappa shape index (κ2) is 7.25. The standard InChI is InChI=1S/C12H23NO3/c1-4-7-8-12(6-3,11(15)16)13(10-14)9-5-2/h10H,4-9H2,1-3H3,(H,15,16). The first kappa shape index (κ1) is 14.9. The Balaban J connectivity index is 4.97. The van der Waals surface area contributed by atoms with Gasteiger partial charge >= 0.3 is 5.97 Å². The van der Waals surface area contributed by atoms with Crippen LogP contribution in [0, 0.1) is 0 Å². The Morgan fingerprint density at radius 2 is 1.94 bits per heavy atom. The maximum Gasteiger partial charge on any atom is 0.329 e. The van der Waals surface area contributed by atoms with Gasteiger partial charge < -0.3 is 10.0 Å². The van der Waals surface area contributed by atoms with E-state index in [9.17, 15) is 14.7 Å².